The number of aliphatic hydroxyl groups is 2. The van der Waals surface area contributed by atoms with Gasteiger partial charge in [-0.1, -0.05) is 13.3 Å². The van der Waals surface area contributed by atoms with E-state index >= 15 is 0 Å². The lowest BCUT2D eigenvalue weighted by atomic mass is 9.73. The van der Waals surface area contributed by atoms with Gasteiger partial charge in [0.05, 0.1) is 25.1 Å². The molecule has 0 unspecified atom stereocenters. The summed E-state index contributed by atoms with van der Waals surface area (Å²) in [5.41, 5.74) is -0.0922. The number of likely N-dealkylation sites (N-methyl/N-ethyl adjacent to an activating group) is 1. The van der Waals surface area contributed by atoms with Crippen molar-refractivity contribution in [2.75, 3.05) is 57.8 Å². The number of piperazine rings is 1. The average Bonchev–Trinajstić information content (AvgIpc) is 2.70. The van der Waals surface area contributed by atoms with Gasteiger partial charge in [-0.05, 0) is 19.9 Å². The molecule has 0 radical (unpaired) electrons. The maximum absolute atomic E-state index is 12.7. The van der Waals surface area contributed by atoms with Crippen LogP contribution in [0.25, 0.3) is 0 Å². The summed E-state index contributed by atoms with van der Waals surface area (Å²) in [5, 5.41) is 20.5. The van der Waals surface area contributed by atoms with Crippen LogP contribution < -0.4 is 4.90 Å². The number of piperidine rings is 1. The third-order valence-corrected chi connectivity index (χ3v) is 6.00. The minimum atomic E-state index is -0.630. The summed E-state index contributed by atoms with van der Waals surface area (Å²) in [6.07, 6.45) is 4.93. The van der Waals surface area contributed by atoms with Crippen molar-refractivity contribution in [3.8, 4) is 0 Å². The quantitative estimate of drug-likeness (QED) is 0.758. The topological polar surface area (TPSA) is 93.0 Å². The van der Waals surface area contributed by atoms with Gasteiger partial charge in [0.15, 0.2) is 0 Å². The SMILES string of the molecule is CCC[C@]1(CO)CCN(c2cncc(C(=O)N3CCN(C)CC3)n2)C[C@H]1O. The van der Waals surface area contributed by atoms with E-state index in [2.05, 4.69) is 28.8 Å². The standard InChI is InChI=1S/C19H31N5O3/c1-3-4-19(14-25)5-6-24(13-16(19)26)17-12-20-11-15(21-17)18(27)23-9-7-22(2)8-10-23/h11-12,16,25-26H,3-10,13-14H2,1-2H3/t16-,19-/m1/s1. The van der Waals surface area contributed by atoms with Crippen LogP contribution in [0.1, 0.15) is 36.7 Å². The van der Waals surface area contributed by atoms with Crippen molar-refractivity contribution in [1.82, 2.24) is 19.8 Å². The number of nitrogens with zero attached hydrogens (tertiary/aromatic N) is 5. The number of hydrogen-bond acceptors (Lipinski definition) is 7. The van der Waals surface area contributed by atoms with Crippen molar-refractivity contribution in [2.24, 2.45) is 5.41 Å². The molecule has 0 bridgehead atoms. The first-order valence-corrected chi connectivity index (χ1v) is 9.83. The number of rotatable bonds is 5. The maximum atomic E-state index is 12.7. The third-order valence-electron chi connectivity index (χ3n) is 6.00. The number of carbonyl (C=O) groups excluding carboxylic acids is 1. The third kappa shape index (κ3) is 4.23. The molecule has 2 aliphatic rings. The number of anilines is 1. The Kier molecular flexibility index (Phi) is 6.29. The van der Waals surface area contributed by atoms with Gasteiger partial charge < -0.3 is 24.9 Å². The molecule has 27 heavy (non-hydrogen) atoms. The molecule has 0 spiro atoms. The van der Waals surface area contributed by atoms with Crippen LogP contribution in [-0.2, 0) is 0 Å². The highest BCUT2D eigenvalue weighted by atomic mass is 16.3. The minimum absolute atomic E-state index is 0.0105. The summed E-state index contributed by atoms with van der Waals surface area (Å²) in [4.78, 5) is 27.5. The summed E-state index contributed by atoms with van der Waals surface area (Å²) in [5.74, 6) is 0.516. The fourth-order valence-corrected chi connectivity index (χ4v) is 4.06. The van der Waals surface area contributed by atoms with E-state index in [9.17, 15) is 15.0 Å². The van der Waals surface area contributed by atoms with Crippen LogP contribution in [0.2, 0.25) is 0 Å². The van der Waals surface area contributed by atoms with E-state index in [1.165, 1.54) is 6.20 Å². The molecule has 150 valence electrons. The predicted octanol–water partition coefficient (Wildman–Crippen LogP) is 0.214. The highest BCUT2D eigenvalue weighted by Gasteiger charge is 2.41. The zero-order valence-corrected chi connectivity index (χ0v) is 16.3. The highest BCUT2D eigenvalue weighted by Crippen LogP contribution is 2.37. The molecule has 3 heterocycles. The van der Waals surface area contributed by atoms with Crippen LogP contribution in [-0.4, -0.2) is 94.9 Å². The molecule has 3 rings (SSSR count). The van der Waals surface area contributed by atoms with Crippen molar-refractivity contribution >= 4 is 11.7 Å². The molecular weight excluding hydrogens is 346 g/mol. The molecule has 2 fully saturated rings. The molecule has 8 nitrogen and oxygen atoms in total. The van der Waals surface area contributed by atoms with Gasteiger partial charge in [-0.25, -0.2) is 4.98 Å². The number of aliphatic hydroxyl groups excluding tert-OH is 2. The first-order valence-electron chi connectivity index (χ1n) is 9.83. The summed E-state index contributed by atoms with van der Waals surface area (Å²) < 4.78 is 0. The molecule has 0 saturated carbocycles. The van der Waals surface area contributed by atoms with Crippen LogP contribution in [0.3, 0.4) is 0 Å². The lowest BCUT2D eigenvalue weighted by molar-refractivity contribution is -0.0372. The van der Waals surface area contributed by atoms with Crippen LogP contribution in [0.4, 0.5) is 5.82 Å². The summed E-state index contributed by atoms with van der Waals surface area (Å²) in [6, 6.07) is 0. The molecular formula is C19H31N5O3. The largest absolute Gasteiger partial charge is 0.396 e. The number of carbonyl (C=O) groups is 1. The van der Waals surface area contributed by atoms with Gasteiger partial charge in [-0.15, -0.1) is 0 Å². The lowest BCUT2D eigenvalue weighted by Gasteiger charge is -2.45. The van der Waals surface area contributed by atoms with Gasteiger partial charge in [0.2, 0.25) is 0 Å². The molecule has 0 aromatic carbocycles. The predicted molar refractivity (Wildman–Crippen MR) is 103 cm³/mol. The Bertz CT molecular complexity index is 650. The molecule has 2 N–H and O–H groups in total. The molecule has 1 amide bonds. The lowest BCUT2D eigenvalue weighted by Crippen LogP contribution is -2.53. The van der Waals surface area contributed by atoms with Gasteiger partial charge in [-0.3, -0.25) is 9.78 Å². The monoisotopic (exact) mass is 377 g/mol. The van der Waals surface area contributed by atoms with Crippen LogP contribution in [0.5, 0.6) is 0 Å². The number of β-amino-alcohol motifs (C(OH)–C–C–N with tert-alkyl or cyclic N) is 1. The molecule has 2 atom stereocenters. The number of amides is 1. The molecule has 2 aliphatic heterocycles. The van der Waals surface area contributed by atoms with Gasteiger partial charge in [0, 0.05) is 44.7 Å². The normalized spacial score (nSPS) is 27.0. The molecule has 1 aromatic rings. The summed E-state index contributed by atoms with van der Waals surface area (Å²) in [7, 11) is 2.05. The Hall–Kier alpha value is -1.77. The van der Waals surface area contributed by atoms with Crippen LogP contribution in [0, 0.1) is 5.41 Å². The van der Waals surface area contributed by atoms with E-state index in [1.807, 2.05) is 9.80 Å². The zero-order valence-electron chi connectivity index (χ0n) is 16.3. The van der Waals surface area contributed by atoms with E-state index < -0.39 is 11.5 Å². The summed E-state index contributed by atoms with van der Waals surface area (Å²) in [6.45, 7) is 6.23. The molecule has 0 aliphatic carbocycles. The minimum Gasteiger partial charge on any atom is -0.396 e. The second-order valence-electron chi connectivity index (χ2n) is 7.84. The van der Waals surface area contributed by atoms with Crippen molar-refractivity contribution in [2.45, 2.75) is 32.3 Å². The zero-order chi connectivity index (χ0) is 19.4. The Morgan fingerprint density at radius 2 is 2.00 bits per heavy atom. The first kappa shape index (κ1) is 20.0. The Labute approximate surface area is 160 Å². The number of hydrogen-bond donors (Lipinski definition) is 2. The van der Waals surface area contributed by atoms with Crippen molar-refractivity contribution in [1.29, 1.82) is 0 Å². The van der Waals surface area contributed by atoms with Gasteiger partial charge in [0.1, 0.15) is 11.5 Å². The van der Waals surface area contributed by atoms with E-state index in [-0.39, 0.29) is 12.5 Å². The summed E-state index contributed by atoms with van der Waals surface area (Å²) >= 11 is 0. The van der Waals surface area contributed by atoms with Gasteiger partial charge >= 0.3 is 0 Å². The Balaban J connectivity index is 1.70. The molecule has 2 saturated heterocycles. The van der Waals surface area contributed by atoms with E-state index in [1.54, 1.807) is 6.20 Å². The average molecular weight is 377 g/mol. The Morgan fingerprint density at radius 1 is 1.26 bits per heavy atom. The molecule has 1 aromatic heterocycles. The Morgan fingerprint density at radius 3 is 2.63 bits per heavy atom. The van der Waals surface area contributed by atoms with E-state index in [4.69, 9.17) is 0 Å². The van der Waals surface area contributed by atoms with Crippen molar-refractivity contribution in [3.05, 3.63) is 18.1 Å². The number of aromatic nitrogens is 2. The second kappa shape index (κ2) is 8.50. The van der Waals surface area contributed by atoms with E-state index in [0.717, 1.165) is 25.9 Å². The van der Waals surface area contributed by atoms with Gasteiger partial charge in [-0.2, -0.15) is 0 Å². The first-order chi connectivity index (χ1) is 13.0. The van der Waals surface area contributed by atoms with Crippen LogP contribution in [0.15, 0.2) is 12.4 Å². The van der Waals surface area contributed by atoms with Crippen molar-refractivity contribution in [3.63, 3.8) is 0 Å². The van der Waals surface area contributed by atoms with Gasteiger partial charge in [0.25, 0.3) is 5.91 Å². The fourth-order valence-electron chi connectivity index (χ4n) is 4.06. The van der Waals surface area contributed by atoms with Crippen LogP contribution >= 0.6 is 0 Å². The highest BCUT2D eigenvalue weighted by molar-refractivity contribution is 5.92. The van der Waals surface area contributed by atoms with E-state index in [0.29, 0.717) is 44.1 Å². The second-order valence-corrected chi connectivity index (χ2v) is 7.84. The smallest absolute Gasteiger partial charge is 0.274 e. The molecule has 8 heteroatoms. The van der Waals surface area contributed by atoms with Crippen molar-refractivity contribution < 1.29 is 15.0 Å². The maximum Gasteiger partial charge on any atom is 0.274 e. The fraction of sp³-hybridized carbons (Fsp3) is 0.737.